The van der Waals surface area contributed by atoms with Crippen LogP contribution in [0.4, 0.5) is 4.39 Å². The Labute approximate surface area is 57.9 Å². The number of halogens is 1. The minimum atomic E-state index is -0.692. The van der Waals surface area contributed by atoms with E-state index < -0.39 is 11.4 Å². The van der Waals surface area contributed by atoms with Gasteiger partial charge in [0.25, 0.3) is 5.56 Å². The van der Waals surface area contributed by atoms with Crippen LogP contribution < -0.4 is 5.56 Å². The maximum atomic E-state index is 12.5. The fourth-order valence-corrected chi connectivity index (χ4v) is 0.831. The Morgan fingerprint density at radius 1 is 1.60 bits per heavy atom. The second-order valence-corrected chi connectivity index (χ2v) is 2.28. The van der Waals surface area contributed by atoms with E-state index in [1.165, 1.54) is 17.7 Å². The Morgan fingerprint density at radius 3 is 2.70 bits per heavy atom. The molecule has 0 fully saturated rings. The normalized spacial score (nSPS) is 9.90. The zero-order valence-corrected chi connectivity index (χ0v) is 5.89. The van der Waals surface area contributed by atoms with Crippen molar-refractivity contribution in [2.45, 2.75) is 6.92 Å². The summed E-state index contributed by atoms with van der Waals surface area (Å²) in [5.74, 6) is -0.692. The molecule has 2 nitrogen and oxygen atoms in total. The van der Waals surface area contributed by atoms with Crippen molar-refractivity contribution in [3.8, 4) is 0 Å². The van der Waals surface area contributed by atoms with Gasteiger partial charge in [0, 0.05) is 13.2 Å². The quantitative estimate of drug-likeness (QED) is 0.524. The third kappa shape index (κ3) is 1.07. The molecule has 0 unspecified atom stereocenters. The third-order valence-electron chi connectivity index (χ3n) is 1.28. The van der Waals surface area contributed by atoms with E-state index in [1.807, 2.05) is 0 Å². The van der Waals surface area contributed by atoms with E-state index in [9.17, 15) is 9.18 Å². The number of nitrogens with zero attached hydrogens (tertiary/aromatic N) is 1. The molecule has 10 heavy (non-hydrogen) atoms. The summed E-state index contributed by atoms with van der Waals surface area (Å²) in [4.78, 5) is 10.7. The summed E-state index contributed by atoms with van der Waals surface area (Å²) in [7, 11) is 1.53. The molecule has 0 radical (unpaired) electrons. The molecule has 1 rings (SSSR count). The largest absolute Gasteiger partial charge is 0.316 e. The molecule has 0 aliphatic rings. The van der Waals surface area contributed by atoms with Crippen molar-refractivity contribution < 1.29 is 4.39 Å². The molecule has 3 heteroatoms. The molecule has 0 aromatic carbocycles. The average Bonchev–Trinajstić information content (AvgIpc) is 1.82. The summed E-state index contributed by atoms with van der Waals surface area (Å²) in [6.45, 7) is 1.74. The summed E-state index contributed by atoms with van der Waals surface area (Å²) < 4.78 is 13.7. The lowest BCUT2D eigenvalue weighted by atomic mass is 10.3. The number of rotatable bonds is 0. The molecule has 0 spiro atoms. The van der Waals surface area contributed by atoms with Crippen LogP contribution in [0.1, 0.15) is 5.56 Å². The van der Waals surface area contributed by atoms with Crippen LogP contribution in [0.2, 0.25) is 0 Å². The number of aromatic nitrogens is 1. The lowest BCUT2D eigenvalue weighted by Crippen LogP contribution is -2.19. The van der Waals surface area contributed by atoms with Crippen LogP contribution in [0.25, 0.3) is 0 Å². The van der Waals surface area contributed by atoms with Gasteiger partial charge in [0.05, 0.1) is 0 Å². The van der Waals surface area contributed by atoms with E-state index in [1.54, 1.807) is 13.1 Å². The number of hydrogen-bond donors (Lipinski definition) is 0. The van der Waals surface area contributed by atoms with Crippen LogP contribution in [-0.4, -0.2) is 4.57 Å². The van der Waals surface area contributed by atoms with Gasteiger partial charge in [-0.2, -0.15) is 0 Å². The molecule has 0 saturated carbocycles. The van der Waals surface area contributed by atoms with Crippen LogP contribution in [0.15, 0.2) is 17.1 Å². The van der Waals surface area contributed by atoms with Gasteiger partial charge in [-0.15, -0.1) is 0 Å². The minimum absolute atomic E-state index is 0.578. The van der Waals surface area contributed by atoms with E-state index in [2.05, 4.69) is 0 Å². The van der Waals surface area contributed by atoms with Crippen molar-refractivity contribution in [3.63, 3.8) is 0 Å². The zero-order chi connectivity index (χ0) is 7.72. The summed E-state index contributed by atoms with van der Waals surface area (Å²) in [5, 5.41) is 0. The van der Waals surface area contributed by atoms with Crippen molar-refractivity contribution in [1.82, 2.24) is 4.57 Å². The second-order valence-electron chi connectivity index (χ2n) is 2.28. The van der Waals surface area contributed by atoms with Crippen LogP contribution in [0.5, 0.6) is 0 Å². The Kier molecular flexibility index (Phi) is 1.57. The molecule has 0 N–H and O–H groups in total. The molecule has 0 saturated heterocycles. The number of hydrogen-bond acceptors (Lipinski definition) is 1. The van der Waals surface area contributed by atoms with Crippen LogP contribution >= 0.6 is 0 Å². The maximum Gasteiger partial charge on any atom is 0.286 e. The maximum absolute atomic E-state index is 12.5. The first-order valence-electron chi connectivity index (χ1n) is 2.94. The lowest BCUT2D eigenvalue weighted by molar-refractivity contribution is 0.588. The Balaban J connectivity index is 3.46. The Bertz CT molecular complexity index is 277. The summed E-state index contributed by atoms with van der Waals surface area (Å²) in [6, 6.07) is 1.22. The standard InChI is InChI=1S/C7H8FNO/c1-5-3-6(8)7(10)9(2)4-5/h3-4H,1-2H3. The minimum Gasteiger partial charge on any atom is -0.316 e. The fourth-order valence-electron chi connectivity index (χ4n) is 0.831. The summed E-state index contributed by atoms with van der Waals surface area (Å²) >= 11 is 0. The van der Waals surface area contributed by atoms with Crippen LogP contribution in [-0.2, 0) is 7.05 Å². The molecule has 0 atom stereocenters. The molecular formula is C7H8FNO. The van der Waals surface area contributed by atoms with E-state index >= 15 is 0 Å². The summed E-state index contributed by atoms with van der Waals surface area (Å²) in [6.07, 6.45) is 1.59. The monoisotopic (exact) mass is 141 g/mol. The van der Waals surface area contributed by atoms with Gasteiger partial charge in [-0.25, -0.2) is 4.39 Å². The van der Waals surface area contributed by atoms with Gasteiger partial charge in [0.1, 0.15) is 0 Å². The van der Waals surface area contributed by atoms with Crippen molar-refractivity contribution >= 4 is 0 Å². The van der Waals surface area contributed by atoms with E-state index in [0.717, 1.165) is 5.56 Å². The third-order valence-corrected chi connectivity index (χ3v) is 1.28. The Hall–Kier alpha value is -1.12. The average molecular weight is 141 g/mol. The van der Waals surface area contributed by atoms with Gasteiger partial charge >= 0.3 is 0 Å². The zero-order valence-electron chi connectivity index (χ0n) is 5.89. The van der Waals surface area contributed by atoms with Crippen molar-refractivity contribution in [1.29, 1.82) is 0 Å². The fraction of sp³-hybridized carbons (Fsp3) is 0.286. The van der Waals surface area contributed by atoms with Crippen molar-refractivity contribution in [2.75, 3.05) is 0 Å². The molecule has 0 aliphatic heterocycles. The predicted octanol–water partition coefficient (Wildman–Crippen LogP) is 0.833. The molecule has 0 amide bonds. The summed E-state index contributed by atoms with van der Waals surface area (Å²) in [5.41, 5.74) is 0.171. The van der Waals surface area contributed by atoms with Gasteiger partial charge in [0.15, 0.2) is 5.82 Å². The van der Waals surface area contributed by atoms with Crippen molar-refractivity contribution in [2.24, 2.45) is 7.05 Å². The molecule has 0 aliphatic carbocycles. The van der Waals surface area contributed by atoms with Crippen molar-refractivity contribution in [3.05, 3.63) is 34.0 Å². The van der Waals surface area contributed by atoms with Gasteiger partial charge in [-0.3, -0.25) is 4.79 Å². The highest BCUT2D eigenvalue weighted by Crippen LogP contribution is 1.94. The first-order valence-corrected chi connectivity index (χ1v) is 2.94. The SMILES string of the molecule is Cc1cc(F)c(=O)n(C)c1. The highest BCUT2D eigenvalue weighted by Gasteiger charge is 1.98. The van der Waals surface area contributed by atoms with Crippen LogP contribution in [0.3, 0.4) is 0 Å². The van der Waals surface area contributed by atoms with Crippen LogP contribution in [0, 0.1) is 12.7 Å². The topological polar surface area (TPSA) is 22.0 Å². The van der Waals surface area contributed by atoms with Gasteiger partial charge in [-0.05, 0) is 18.6 Å². The van der Waals surface area contributed by atoms with E-state index in [-0.39, 0.29) is 0 Å². The Morgan fingerprint density at radius 2 is 2.20 bits per heavy atom. The molecule has 54 valence electrons. The molecule has 0 bridgehead atoms. The first kappa shape index (κ1) is 6.99. The van der Waals surface area contributed by atoms with E-state index in [4.69, 9.17) is 0 Å². The highest BCUT2D eigenvalue weighted by atomic mass is 19.1. The van der Waals surface area contributed by atoms with E-state index in [0.29, 0.717) is 0 Å². The predicted molar refractivity (Wildman–Crippen MR) is 36.4 cm³/mol. The molecule has 1 aromatic rings. The highest BCUT2D eigenvalue weighted by molar-refractivity contribution is 5.08. The van der Waals surface area contributed by atoms with Gasteiger partial charge < -0.3 is 4.57 Å². The lowest BCUT2D eigenvalue weighted by Gasteiger charge is -1.97. The van der Waals surface area contributed by atoms with Gasteiger partial charge in [-0.1, -0.05) is 0 Å². The number of aryl methyl sites for hydroxylation is 2. The number of pyridine rings is 1. The molecular weight excluding hydrogens is 133 g/mol. The molecule has 1 aromatic heterocycles. The first-order chi connectivity index (χ1) is 4.61. The second kappa shape index (κ2) is 2.25. The smallest absolute Gasteiger partial charge is 0.286 e. The molecule has 1 heterocycles. The van der Waals surface area contributed by atoms with Gasteiger partial charge in [0.2, 0.25) is 0 Å².